The van der Waals surface area contributed by atoms with E-state index in [0.717, 1.165) is 38.5 Å². The average molecular weight is 266 g/mol. The number of carbonyl (C=O) groups excluding carboxylic acids is 2. The van der Waals surface area contributed by atoms with Gasteiger partial charge in [-0.05, 0) is 31.6 Å². The van der Waals surface area contributed by atoms with E-state index in [1.807, 2.05) is 4.90 Å². The van der Waals surface area contributed by atoms with Crippen LogP contribution < -0.4 is 5.32 Å². The molecule has 0 aromatic rings. The Kier molecular flexibility index (Phi) is 4.16. The summed E-state index contributed by atoms with van der Waals surface area (Å²) < 4.78 is 0. The number of carbonyl (C=O) groups is 2. The molecule has 1 saturated carbocycles. The van der Waals surface area contributed by atoms with Crippen LogP contribution in [0.2, 0.25) is 0 Å². The molecular weight excluding hydrogens is 240 g/mol. The van der Waals surface area contributed by atoms with Crippen molar-refractivity contribution in [3.05, 3.63) is 0 Å². The Morgan fingerprint density at radius 2 is 1.95 bits per heavy atom. The van der Waals surface area contributed by atoms with Gasteiger partial charge in [0.05, 0.1) is 0 Å². The van der Waals surface area contributed by atoms with Crippen molar-refractivity contribution in [1.82, 2.24) is 10.2 Å². The summed E-state index contributed by atoms with van der Waals surface area (Å²) >= 11 is 0. The molecule has 0 aromatic carbocycles. The smallest absolute Gasteiger partial charge is 0.249 e. The predicted octanol–water partition coefficient (Wildman–Crippen LogP) is 2.08. The summed E-state index contributed by atoms with van der Waals surface area (Å²) in [4.78, 5) is 27.1. The zero-order valence-electron chi connectivity index (χ0n) is 12.4. The van der Waals surface area contributed by atoms with E-state index in [1.165, 1.54) is 0 Å². The van der Waals surface area contributed by atoms with Gasteiger partial charge in [0, 0.05) is 6.54 Å². The number of nitrogens with zero attached hydrogens (tertiary/aromatic N) is 1. The van der Waals surface area contributed by atoms with Crippen LogP contribution in [0.5, 0.6) is 0 Å². The van der Waals surface area contributed by atoms with Crippen molar-refractivity contribution in [3.63, 3.8) is 0 Å². The molecule has 1 unspecified atom stereocenters. The lowest BCUT2D eigenvalue weighted by atomic mass is 9.88. The quantitative estimate of drug-likeness (QED) is 0.847. The first-order valence-electron chi connectivity index (χ1n) is 7.63. The van der Waals surface area contributed by atoms with E-state index in [4.69, 9.17) is 0 Å². The first kappa shape index (κ1) is 14.4. The van der Waals surface area contributed by atoms with E-state index in [9.17, 15) is 9.59 Å². The number of hydrogen-bond acceptors (Lipinski definition) is 2. The van der Waals surface area contributed by atoms with Crippen molar-refractivity contribution >= 4 is 11.8 Å². The van der Waals surface area contributed by atoms with Crippen LogP contribution in [0.25, 0.3) is 0 Å². The molecular formula is C15H26N2O2. The van der Waals surface area contributed by atoms with E-state index >= 15 is 0 Å². The van der Waals surface area contributed by atoms with Crippen molar-refractivity contribution in [3.8, 4) is 0 Å². The number of rotatable bonds is 4. The van der Waals surface area contributed by atoms with E-state index in [-0.39, 0.29) is 17.9 Å². The molecule has 1 N–H and O–H groups in total. The molecule has 2 amide bonds. The van der Waals surface area contributed by atoms with E-state index < -0.39 is 5.54 Å². The third-order valence-corrected chi connectivity index (χ3v) is 4.33. The average Bonchev–Trinajstić information content (AvgIpc) is 2.80. The van der Waals surface area contributed by atoms with Gasteiger partial charge < -0.3 is 10.2 Å². The van der Waals surface area contributed by atoms with E-state index in [1.54, 1.807) is 0 Å². The zero-order valence-corrected chi connectivity index (χ0v) is 12.4. The van der Waals surface area contributed by atoms with Gasteiger partial charge in [-0.15, -0.1) is 0 Å². The Morgan fingerprint density at radius 1 is 1.32 bits per heavy atom. The monoisotopic (exact) mass is 266 g/mol. The first-order valence-corrected chi connectivity index (χ1v) is 7.63. The Balaban J connectivity index is 2.23. The molecule has 4 nitrogen and oxygen atoms in total. The van der Waals surface area contributed by atoms with Gasteiger partial charge in [0.2, 0.25) is 11.8 Å². The summed E-state index contributed by atoms with van der Waals surface area (Å²) in [5.41, 5.74) is -0.570. The molecule has 1 aliphatic heterocycles. The van der Waals surface area contributed by atoms with Gasteiger partial charge >= 0.3 is 0 Å². The summed E-state index contributed by atoms with van der Waals surface area (Å²) in [7, 11) is 0. The fraction of sp³-hybridized carbons (Fsp3) is 0.867. The molecule has 4 heteroatoms. The van der Waals surface area contributed by atoms with Crippen LogP contribution in [0.4, 0.5) is 0 Å². The number of nitrogens with one attached hydrogen (secondary N) is 1. The van der Waals surface area contributed by atoms with Gasteiger partial charge in [-0.1, -0.05) is 33.6 Å². The van der Waals surface area contributed by atoms with Gasteiger partial charge in [-0.3, -0.25) is 9.59 Å². The minimum Gasteiger partial charge on any atom is -0.340 e. The van der Waals surface area contributed by atoms with Gasteiger partial charge in [0.25, 0.3) is 0 Å². The molecule has 1 atom stereocenters. The highest BCUT2D eigenvalue weighted by Crippen LogP contribution is 2.35. The Bertz CT molecular complexity index is 359. The van der Waals surface area contributed by atoms with Gasteiger partial charge in [-0.2, -0.15) is 0 Å². The van der Waals surface area contributed by atoms with Crippen molar-refractivity contribution in [1.29, 1.82) is 0 Å². The molecule has 0 aromatic heterocycles. The normalized spacial score (nSPS) is 26.3. The Morgan fingerprint density at radius 3 is 2.47 bits per heavy atom. The fourth-order valence-corrected chi connectivity index (χ4v) is 3.43. The fourth-order valence-electron chi connectivity index (χ4n) is 3.43. The molecule has 108 valence electrons. The Labute approximate surface area is 115 Å². The lowest BCUT2D eigenvalue weighted by Crippen LogP contribution is -2.69. The third kappa shape index (κ3) is 2.63. The maximum absolute atomic E-state index is 12.8. The third-order valence-electron chi connectivity index (χ3n) is 4.33. The highest BCUT2D eigenvalue weighted by atomic mass is 16.2. The number of hydrogen-bond donors (Lipinski definition) is 1. The minimum atomic E-state index is -0.570. The maximum atomic E-state index is 12.8. The summed E-state index contributed by atoms with van der Waals surface area (Å²) in [6, 6.07) is -0.265. The number of amides is 2. The molecule has 1 spiro atoms. The Hall–Kier alpha value is -1.06. The second-order valence-electron chi connectivity index (χ2n) is 6.42. The molecule has 1 heterocycles. The SMILES string of the molecule is CCCN1C(=O)C2(CCCC2)NC(=O)C1CC(C)C. The highest BCUT2D eigenvalue weighted by Gasteiger charge is 2.51. The van der Waals surface area contributed by atoms with Crippen molar-refractivity contribution < 1.29 is 9.59 Å². The molecule has 1 saturated heterocycles. The van der Waals surface area contributed by atoms with Crippen molar-refractivity contribution in [2.24, 2.45) is 5.92 Å². The topological polar surface area (TPSA) is 49.4 Å². The molecule has 1 aliphatic carbocycles. The number of piperazine rings is 1. The second-order valence-corrected chi connectivity index (χ2v) is 6.42. The molecule has 0 radical (unpaired) electrons. The molecule has 2 aliphatic rings. The summed E-state index contributed by atoms with van der Waals surface area (Å²) in [6.07, 6.45) is 5.37. The molecule has 19 heavy (non-hydrogen) atoms. The van der Waals surface area contributed by atoms with Crippen LogP contribution in [0.3, 0.4) is 0 Å². The first-order chi connectivity index (χ1) is 9.00. The van der Waals surface area contributed by atoms with Crippen LogP contribution in [-0.4, -0.2) is 34.8 Å². The van der Waals surface area contributed by atoms with Crippen LogP contribution in [-0.2, 0) is 9.59 Å². The lowest BCUT2D eigenvalue weighted by molar-refractivity contribution is -0.155. The molecule has 2 fully saturated rings. The van der Waals surface area contributed by atoms with Crippen molar-refractivity contribution in [2.45, 2.75) is 70.9 Å². The largest absolute Gasteiger partial charge is 0.340 e. The zero-order chi connectivity index (χ0) is 14.0. The van der Waals surface area contributed by atoms with Crippen molar-refractivity contribution in [2.75, 3.05) is 6.54 Å². The standard InChI is InChI=1S/C15H26N2O2/c1-4-9-17-12(10-11(2)3)13(18)16-15(14(17)19)7-5-6-8-15/h11-12H,4-10H2,1-3H3,(H,16,18). The van der Waals surface area contributed by atoms with Gasteiger partial charge in [0.15, 0.2) is 0 Å². The van der Waals surface area contributed by atoms with Crippen LogP contribution in [0.15, 0.2) is 0 Å². The maximum Gasteiger partial charge on any atom is 0.249 e. The van der Waals surface area contributed by atoms with Gasteiger partial charge in [-0.25, -0.2) is 0 Å². The molecule has 0 bridgehead atoms. The second kappa shape index (κ2) is 5.51. The minimum absolute atomic E-state index is 0.0589. The summed E-state index contributed by atoms with van der Waals surface area (Å²) in [5.74, 6) is 0.640. The van der Waals surface area contributed by atoms with Gasteiger partial charge in [0.1, 0.15) is 11.6 Å². The highest BCUT2D eigenvalue weighted by molar-refractivity contribution is 6.00. The lowest BCUT2D eigenvalue weighted by Gasteiger charge is -2.45. The van der Waals surface area contributed by atoms with Crippen LogP contribution in [0.1, 0.15) is 59.3 Å². The summed E-state index contributed by atoms with van der Waals surface area (Å²) in [5, 5.41) is 3.06. The predicted molar refractivity (Wildman–Crippen MR) is 74.6 cm³/mol. The molecule has 2 rings (SSSR count). The van der Waals surface area contributed by atoms with Crippen LogP contribution >= 0.6 is 0 Å². The van der Waals surface area contributed by atoms with Crippen LogP contribution in [0, 0.1) is 5.92 Å². The summed E-state index contributed by atoms with van der Waals surface area (Å²) in [6.45, 7) is 6.96. The van der Waals surface area contributed by atoms with E-state index in [0.29, 0.717) is 12.5 Å². The van der Waals surface area contributed by atoms with E-state index in [2.05, 4.69) is 26.1 Å².